The fourth-order valence-electron chi connectivity index (χ4n) is 2.65. The molecule has 0 saturated heterocycles. The molecule has 0 unspecified atom stereocenters. The van der Waals surface area contributed by atoms with Crippen molar-refractivity contribution >= 4 is 44.1 Å². The van der Waals surface area contributed by atoms with Gasteiger partial charge in [-0.1, -0.05) is 29.8 Å². The number of esters is 1. The van der Waals surface area contributed by atoms with E-state index >= 15 is 0 Å². The van der Waals surface area contributed by atoms with Gasteiger partial charge >= 0.3 is 5.97 Å². The van der Waals surface area contributed by atoms with Gasteiger partial charge in [-0.15, -0.1) is 11.3 Å². The number of halogens is 1. The van der Waals surface area contributed by atoms with Crippen molar-refractivity contribution in [3.05, 3.63) is 69.7 Å². The second-order valence-corrected chi connectivity index (χ2v) is 9.11. The molecule has 7 nitrogen and oxygen atoms in total. The van der Waals surface area contributed by atoms with Gasteiger partial charge in [0.25, 0.3) is 10.0 Å². The number of methoxy groups -OCH3 is 1. The molecule has 30 heavy (non-hydrogen) atoms. The van der Waals surface area contributed by atoms with Gasteiger partial charge in [-0.2, -0.15) is 0 Å². The lowest BCUT2D eigenvalue weighted by Crippen LogP contribution is -2.14. The molecule has 10 heteroatoms. The van der Waals surface area contributed by atoms with Gasteiger partial charge in [0.05, 0.1) is 24.3 Å². The maximum Gasteiger partial charge on any atom is 0.341 e. The molecule has 0 bridgehead atoms. The van der Waals surface area contributed by atoms with Crippen molar-refractivity contribution in [2.24, 2.45) is 0 Å². The lowest BCUT2D eigenvalue weighted by atomic mass is 10.2. The summed E-state index contributed by atoms with van der Waals surface area (Å²) in [6.07, 6.45) is 0.434. The van der Waals surface area contributed by atoms with Crippen LogP contribution in [0.1, 0.15) is 21.6 Å². The zero-order valence-electron chi connectivity index (χ0n) is 16.2. The zero-order chi connectivity index (χ0) is 21.7. The van der Waals surface area contributed by atoms with Gasteiger partial charge in [0, 0.05) is 16.8 Å². The Balaban J connectivity index is 1.64. The zero-order valence-corrected chi connectivity index (χ0v) is 18.6. The number of aromatic nitrogens is 1. The molecule has 3 aromatic rings. The molecule has 1 aromatic heterocycles. The number of nitrogens with one attached hydrogen (secondary N) is 1. The number of sulfonamides is 1. The minimum atomic E-state index is -3.80. The molecule has 0 saturated carbocycles. The molecule has 0 spiro atoms. The average molecular weight is 467 g/mol. The van der Waals surface area contributed by atoms with E-state index in [0.717, 1.165) is 0 Å². The molecule has 2 aromatic carbocycles. The molecule has 158 valence electrons. The van der Waals surface area contributed by atoms with Gasteiger partial charge < -0.3 is 9.47 Å². The van der Waals surface area contributed by atoms with Crippen LogP contribution in [-0.2, 0) is 21.2 Å². The Labute approximate surface area is 183 Å². The third kappa shape index (κ3) is 5.10. The first kappa shape index (κ1) is 22.1. The highest BCUT2D eigenvalue weighted by Gasteiger charge is 2.20. The van der Waals surface area contributed by atoms with Gasteiger partial charge in [-0.25, -0.2) is 18.2 Å². The van der Waals surface area contributed by atoms with E-state index in [1.807, 2.05) is 0 Å². The highest BCUT2D eigenvalue weighted by atomic mass is 35.5. The van der Waals surface area contributed by atoms with Crippen LogP contribution in [-0.4, -0.2) is 33.1 Å². The van der Waals surface area contributed by atoms with Crippen LogP contribution in [0.25, 0.3) is 0 Å². The predicted octanol–water partition coefficient (Wildman–Crippen LogP) is 4.31. The van der Waals surface area contributed by atoms with E-state index in [1.54, 1.807) is 48.7 Å². The first-order valence-electron chi connectivity index (χ1n) is 8.84. The number of ether oxygens (including phenoxy) is 2. The van der Waals surface area contributed by atoms with E-state index in [1.165, 1.54) is 24.5 Å². The van der Waals surface area contributed by atoms with Crippen molar-refractivity contribution in [3.63, 3.8) is 0 Å². The number of para-hydroxylation sites is 1. The van der Waals surface area contributed by atoms with Gasteiger partial charge in [0.1, 0.15) is 11.3 Å². The maximum absolute atomic E-state index is 12.6. The molecular formula is C20H19ClN2O5S2. The molecule has 1 N–H and O–H groups in total. The number of thiazole rings is 1. The Bertz CT molecular complexity index is 1160. The molecule has 1 heterocycles. The molecule has 0 radical (unpaired) electrons. The number of hydrogen-bond donors (Lipinski definition) is 1. The number of anilines is 1. The number of rotatable bonds is 8. The second-order valence-electron chi connectivity index (χ2n) is 6.20. The Morgan fingerprint density at radius 2 is 1.97 bits per heavy atom. The van der Waals surface area contributed by atoms with Crippen molar-refractivity contribution in [2.75, 3.05) is 18.4 Å². The highest BCUT2D eigenvalue weighted by Crippen LogP contribution is 2.26. The summed E-state index contributed by atoms with van der Waals surface area (Å²) in [4.78, 5) is 16.2. The lowest BCUT2D eigenvalue weighted by molar-refractivity contribution is 0.0596. The summed E-state index contributed by atoms with van der Waals surface area (Å²) >= 11 is 7.20. The van der Waals surface area contributed by atoms with Crippen molar-refractivity contribution in [3.8, 4) is 5.75 Å². The number of carbonyl (C=O) groups is 1. The van der Waals surface area contributed by atoms with Gasteiger partial charge in [-0.3, -0.25) is 4.72 Å². The smallest absolute Gasteiger partial charge is 0.341 e. The molecule has 0 fully saturated rings. The molecule has 0 aliphatic carbocycles. The molecule has 0 amide bonds. The number of hydrogen-bond acceptors (Lipinski definition) is 7. The van der Waals surface area contributed by atoms with Gasteiger partial charge in [0.2, 0.25) is 0 Å². The van der Waals surface area contributed by atoms with Crippen LogP contribution < -0.4 is 9.46 Å². The Morgan fingerprint density at radius 1 is 1.20 bits per heavy atom. The third-order valence-corrected chi connectivity index (χ3v) is 7.02. The first-order chi connectivity index (χ1) is 14.3. The van der Waals surface area contributed by atoms with Crippen molar-refractivity contribution < 1.29 is 22.7 Å². The minimum Gasteiger partial charge on any atom is -0.492 e. The van der Waals surface area contributed by atoms with Crippen LogP contribution in [0.4, 0.5) is 5.13 Å². The van der Waals surface area contributed by atoms with Crippen molar-refractivity contribution in [2.45, 2.75) is 18.2 Å². The van der Waals surface area contributed by atoms with E-state index in [9.17, 15) is 13.2 Å². The Hall–Kier alpha value is -2.62. The Morgan fingerprint density at radius 3 is 2.73 bits per heavy atom. The van der Waals surface area contributed by atoms with E-state index in [2.05, 4.69) is 9.71 Å². The molecule has 0 aliphatic heterocycles. The lowest BCUT2D eigenvalue weighted by Gasteiger charge is -2.09. The highest BCUT2D eigenvalue weighted by molar-refractivity contribution is 7.93. The van der Waals surface area contributed by atoms with Crippen LogP contribution in [0.15, 0.2) is 52.7 Å². The van der Waals surface area contributed by atoms with E-state index in [0.29, 0.717) is 34.0 Å². The minimum absolute atomic E-state index is 0.106. The quantitative estimate of drug-likeness (QED) is 0.497. The van der Waals surface area contributed by atoms with E-state index in [-0.39, 0.29) is 16.6 Å². The van der Waals surface area contributed by atoms with Crippen LogP contribution >= 0.6 is 22.9 Å². The van der Waals surface area contributed by atoms with E-state index < -0.39 is 16.0 Å². The number of nitrogens with zero attached hydrogens (tertiary/aromatic N) is 1. The number of carbonyl (C=O) groups excluding carboxylic acids is 1. The number of benzene rings is 2. The van der Waals surface area contributed by atoms with Gasteiger partial charge in [0.15, 0.2) is 5.13 Å². The summed E-state index contributed by atoms with van der Waals surface area (Å²) < 4.78 is 38.2. The average Bonchev–Trinajstić information content (AvgIpc) is 3.16. The normalized spacial score (nSPS) is 11.2. The third-order valence-electron chi connectivity index (χ3n) is 4.19. The molecule has 0 aliphatic rings. The van der Waals surface area contributed by atoms with E-state index in [4.69, 9.17) is 21.1 Å². The second kappa shape index (κ2) is 9.46. The van der Waals surface area contributed by atoms with Crippen LogP contribution in [0.3, 0.4) is 0 Å². The first-order valence-corrected chi connectivity index (χ1v) is 11.6. The topological polar surface area (TPSA) is 94.6 Å². The maximum atomic E-state index is 12.6. The molecule has 3 rings (SSSR count). The largest absolute Gasteiger partial charge is 0.492 e. The summed E-state index contributed by atoms with van der Waals surface area (Å²) in [7, 11) is -2.50. The summed E-state index contributed by atoms with van der Waals surface area (Å²) in [5, 5.41) is 2.37. The monoisotopic (exact) mass is 466 g/mol. The fraction of sp³-hybridized carbons (Fsp3) is 0.200. The summed E-state index contributed by atoms with van der Waals surface area (Å²) in [5.74, 6) is -0.0656. The Kier molecular flexibility index (Phi) is 6.96. The summed E-state index contributed by atoms with van der Waals surface area (Å²) in [6, 6.07) is 11.5. The van der Waals surface area contributed by atoms with Crippen LogP contribution in [0.5, 0.6) is 5.75 Å². The predicted molar refractivity (Wildman–Crippen MR) is 116 cm³/mol. The van der Waals surface area contributed by atoms with Crippen molar-refractivity contribution in [1.29, 1.82) is 0 Å². The van der Waals surface area contributed by atoms with Crippen LogP contribution in [0, 0.1) is 6.92 Å². The fourth-order valence-corrected chi connectivity index (χ4v) is 5.15. The van der Waals surface area contributed by atoms with Gasteiger partial charge in [-0.05, 0) is 36.8 Å². The summed E-state index contributed by atoms with van der Waals surface area (Å²) in [6.45, 7) is 1.91. The van der Waals surface area contributed by atoms with Crippen molar-refractivity contribution in [1.82, 2.24) is 4.98 Å². The molecule has 0 atom stereocenters. The van der Waals surface area contributed by atoms with Crippen LogP contribution in [0.2, 0.25) is 5.02 Å². The molecular weight excluding hydrogens is 448 g/mol. The standard InChI is InChI=1S/C20H19ClN2O5S2/c1-13-16(21)7-5-9-18(13)30(25,26)23-20-22-14(12-29-20)10-11-28-17-8-4-3-6-15(17)19(24)27-2/h3-9,12H,10-11H2,1-2H3,(H,22,23). The summed E-state index contributed by atoms with van der Waals surface area (Å²) in [5.41, 5.74) is 1.47. The SMILES string of the molecule is COC(=O)c1ccccc1OCCc1csc(NS(=O)(=O)c2cccc(Cl)c2C)n1.